The molecule has 0 amide bonds. The molecule has 0 unspecified atom stereocenters. The quantitative estimate of drug-likeness (QED) is 0.518. The van der Waals surface area contributed by atoms with Gasteiger partial charge >= 0.3 is 64.0 Å². The Morgan fingerprint density at radius 3 is 2.78 bits per heavy atom. The van der Waals surface area contributed by atoms with Crippen LogP contribution in [0.4, 0.5) is 0 Å². The van der Waals surface area contributed by atoms with Gasteiger partial charge in [0.1, 0.15) is 0 Å². The van der Waals surface area contributed by atoms with E-state index in [0.29, 0.717) is 15.0 Å². The maximum atomic E-state index is 10.2. The first kappa shape index (κ1) is 7.00. The zero-order valence-electron chi connectivity index (χ0n) is 4.96. The molecule has 48 valence electrons. The average Bonchev–Trinajstić information content (AvgIpc) is 2.34. The van der Waals surface area contributed by atoms with Gasteiger partial charge in [-0.3, -0.25) is 0 Å². The minimum atomic E-state index is 0.548. The molecule has 0 N–H and O–H groups in total. The topological polar surface area (TPSA) is 17.1 Å². The van der Waals surface area contributed by atoms with Crippen molar-refractivity contribution in [3.05, 3.63) is 17.0 Å². The van der Waals surface area contributed by atoms with Crippen LogP contribution in [0.3, 0.4) is 0 Å². The van der Waals surface area contributed by atoms with Gasteiger partial charge in [-0.25, -0.2) is 0 Å². The molecule has 3 heteroatoms. The van der Waals surface area contributed by atoms with E-state index in [9.17, 15) is 4.79 Å². The van der Waals surface area contributed by atoms with E-state index in [1.54, 1.807) is 11.3 Å². The third kappa shape index (κ3) is 1.65. The van der Waals surface area contributed by atoms with Crippen LogP contribution < -0.4 is 3.78 Å². The van der Waals surface area contributed by atoms with Gasteiger partial charge in [-0.2, -0.15) is 0 Å². The fourth-order valence-corrected chi connectivity index (χ4v) is 2.70. The summed E-state index contributed by atoms with van der Waals surface area (Å²) in [5.74, 6) is 2.15. The van der Waals surface area contributed by atoms with Crippen molar-refractivity contribution in [2.24, 2.45) is 0 Å². The number of aldehydes is 1. The van der Waals surface area contributed by atoms with Gasteiger partial charge in [-0.1, -0.05) is 0 Å². The van der Waals surface area contributed by atoms with Crippen LogP contribution in [-0.4, -0.2) is 21.2 Å². The number of rotatable bonds is 2. The molecule has 0 atom stereocenters. The summed E-state index contributed by atoms with van der Waals surface area (Å²) in [5.41, 5.74) is 0. The Morgan fingerprint density at radius 2 is 2.44 bits per heavy atom. The molecule has 0 spiro atoms. The van der Waals surface area contributed by atoms with E-state index in [4.69, 9.17) is 0 Å². The second kappa shape index (κ2) is 3.16. The van der Waals surface area contributed by atoms with E-state index in [2.05, 4.69) is 5.82 Å². The molecule has 0 aliphatic rings. The van der Waals surface area contributed by atoms with Crippen LogP contribution in [0.15, 0.2) is 12.1 Å². The molecular weight excluding hydrogens is 199 g/mol. The first-order valence-corrected chi connectivity index (χ1v) is 5.84. The van der Waals surface area contributed by atoms with Gasteiger partial charge < -0.3 is 0 Å². The predicted octanol–water partition coefficient (Wildman–Crippen LogP) is 0.938. The van der Waals surface area contributed by atoms with E-state index in [1.807, 2.05) is 12.1 Å². The number of carbonyl (C=O) groups excluding carboxylic acids is 1. The van der Waals surface area contributed by atoms with Crippen molar-refractivity contribution >= 4 is 36.4 Å². The molecule has 0 saturated heterocycles. The molecule has 1 heterocycles. The molecule has 0 aromatic carbocycles. The number of hydrogen-bond acceptors (Lipinski definition) is 2. The first-order valence-electron chi connectivity index (χ1n) is 2.46. The molecule has 1 aromatic heterocycles. The van der Waals surface area contributed by atoms with Crippen molar-refractivity contribution < 1.29 is 4.79 Å². The molecule has 0 fully saturated rings. The first-order chi connectivity index (χ1) is 4.36. The molecule has 0 radical (unpaired) electrons. The molecule has 0 saturated carbocycles. The van der Waals surface area contributed by atoms with Gasteiger partial charge in [0, 0.05) is 0 Å². The fraction of sp³-hybridized carbons (Fsp3) is 0.167. The van der Waals surface area contributed by atoms with Crippen molar-refractivity contribution in [1.29, 1.82) is 0 Å². The second-order valence-corrected chi connectivity index (χ2v) is 4.96. The summed E-state index contributed by atoms with van der Waals surface area (Å²) in [5, 5.41) is 0. The van der Waals surface area contributed by atoms with Gasteiger partial charge in [0.05, 0.1) is 0 Å². The summed E-state index contributed by atoms with van der Waals surface area (Å²) in [7, 11) is 0. The zero-order valence-corrected chi connectivity index (χ0v) is 7.49. The maximum absolute atomic E-state index is 10.2. The Labute approximate surface area is 64.2 Å². The van der Waals surface area contributed by atoms with Crippen molar-refractivity contribution in [3.8, 4) is 0 Å². The van der Waals surface area contributed by atoms with Gasteiger partial charge in [0.2, 0.25) is 0 Å². The molecule has 1 rings (SSSR count). The fourth-order valence-electron chi connectivity index (χ4n) is 0.507. The van der Waals surface area contributed by atoms with Gasteiger partial charge in [0.15, 0.2) is 0 Å². The van der Waals surface area contributed by atoms with E-state index in [-0.39, 0.29) is 0 Å². The van der Waals surface area contributed by atoms with Crippen LogP contribution in [0.5, 0.6) is 0 Å². The van der Waals surface area contributed by atoms with Crippen molar-refractivity contribution in [2.75, 3.05) is 0 Å². The van der Waals surface area contributed by atoms with E-state index >= 15 is 0 Å². The van der Waals surface area contributed by atoms with Crippen molar-refractivity contribution in [1.82, 2.24) is 0 Å². The Balaban J connectivity index is 2.86. The summed E-state index contributed by atoms with van der Waals surface area (Å²) >= 11 is 2.14. The Hall–Kier alpha value is -0.111. The summed E-state index contributed by atoms with van der Waals surface area (Å²) < 4.78 is 1.34. The standard InChI is InChI=1S/C6H6OSSe/c1-9-6-3-2-5(4-7)8-6/h2-4H,1H3. The van der Waals surface area contributed by atoms with E-state index in [1.165, 1.54) is 3.78 Å². The number of hydrogen-bond donors (Lipinski definition) is 0. The molecule has 1 aromatic rings. The van der Waals surface area contributed by atoms with E-state index < -0.39 is 0 Å². The summed E-state index contributed by atoms with van der Waals surface area (Å²) in [6.45, 7) is 0. The minimum absolute atomic E-state index is 0.548. The van der Waals surface area contributed by atoms with Gasteiger partial charge in [0.25, 0.3) is 0 Å². The van der Waals surface area contributed by atoms with Crippen molar-refractivity contribution in [2.45, 2.75) is 5.82 Å². The average molecular weight is 205 g/mol. The summed E-state index contributed by atoms with van der Waals surface area (Å²) in [6, 6.07) is 3.90. The predicted molar refractivity (Wildman–Crippen MR) is 41.0 cm³/mol. The Bertz CT molecular complexity index is 207. The van der Waals surface area contributed by atoms with Crippen LogP contribution in [0.1, 0.15) is 9.67 Å². The molecule has 0 aliphatic heterocycles. The SMILES string of the molecule is C[Se]c1ccc(C=O)s1. The van der Waals surface area contributed by atoms with Crippen LogP contribution in [0.25, 0.3) is 0 Å². The molecule has 0 aliphatic carbocycles. The molecule has 1 nitrogen and oxygen atoms in total. The van der Waals surface area contributed by atoms with Crippen LogP contribution >= 0.6 is 11.3 Å². The van der Waals surface area contributed by atoms with Crippen LogP contribution in [0.2, 0.25) is 5.82 Å². The van der Waals surface area contributed by atoms with E-state index in [0.717, 1.165) is 11.2 Å². The molecule has 0 bridgehead atoms. The van der Waals surface area contributed by atoms with Gasteiger partial charge in [-0.05, 0) is 0 Å². The summed E-state index contributed by atoms with van der Waals surface area (Å²) in [4.78, 5) is 11.0. The van der Waals surface area contributed by atoms with Gasteiger partial charge in [-0.15, -0.1) is 0 Å². The number of thiophene rings is 1. The Morgan fingerprint density at radius 1 is 1.67 bits per heavy atom. The zero-order chi connectivity index (χ0) is 6.69. The normalized spacial score (nSPS) is 9.44. The third-order valence-electron chi connectivity index (χ3n) is 0.919. The molecular formula is C6H6OSSe. The Kier molecular flexibility index (Phi) is 2.46. The number of carbonyl (C=O) groups is 1. The van der Waals surface area contributed by atoms with Crippen LogP contribution in [-0.2, 0) is 0 Å². The van der Waals surface area contributed by atoms with Crippen LogP contribution in [0, 0.1) is 0 Å². The second-order valence-electron chi connectivity index (χ2n) is 1.48. The monoisotopic (exact) mass is 206 g/mol. The molecule has 9 heavy (non-hydrogen) atoms. The summed E-state index contributed by atoms with van der Waals surface area (Å²) in [6.07, 6.45) is 0.903. The third-order valence-corrected chi connectivity index (χ3v) is 4.24. The van der Waals surface area contributed by atoms with Crippen molar-refractivity contribution in [3.63, 3.8) is 0 Å².